The van der Waals surface area contributed by atoms with Gasteiger partial charge in [0.25, 0.3) is 0 Å². The first kappa shape index (κ1) is 17.3. The van der Waals surface area contributed by atoms with E-state index in [4.69, 9.17) is 0 Å². The summed E-state index contributed by atoms with van der Waals surface area (Å²) in [5.74, 6) is -0.340. The average Bonchev–Trinajstić information content (AvgIpc) is 3.26. The summed E-state index contributed by atoms with van der Waals surface area (Å²) in [5.41, 5.74) is 1.84. The van der Waals surface area contributed by atoms with Gasteiger partial charge in [-0.2, -0.15) is 0 Å². The van der Waals surface area contributed by atoms with Gasteiger partial charge in [0.1, 0.15) is 0 Å². The van der Waals surface area contributed by atoms with Gasteiger partial charge in [0.15, 0.2) is 5.13 Å². The first-order valence-electron chi connectivity index (χ1n) is 7.73. The standard InChI is InChI=1S/C18H17N3O2S2/c1-12(22)19-14(16-8-5-9-24-16)10-17(23)21-18-20-15(11-25-18)13-6-3-2-4-7-13/h2-9,11,14H,10H2,1H3,(H,19,22)(H,20,21,23)/t14-/m0/s1. The number of carbonyl (C=O) groups is 2. The minimum absolute atomic E-state index is 0.160. The van der Waals surface area contributed by atoms with Gasteiger partial charge in [0, 0.05) is 22.7 Å². The highest BCUT2D eigenvalue weighted by atomic mass is 32.1. The molecule has 25 heavy (non-hydrogen) atoms. The van der Waals surface area contributed by atoms with E-state index in [0.29, 0.717) is 5.13 Å². The van der Waals surface area contributed by atoms with Crippen LogP contribution in [0.5, 0.6) is 0 Å². The van der Waals surface area contributed by atoms with Crippen molar-refractivity contribution in [1.29, 1.82) is 0 Å². The highest BCUT2D eigenvalue weighted by Gasteiger charge is 2.19. The normalized spacial score (nSPS) is 11.7. The lowest BCUT2D eigenvalue weighted by Crippen LogP contribution is -2.29. The molecule has 0 saturated carbocycles. The Morgan fingerprint density at radius 2 is 1.92 bits per heavy atom. The molecule has 0 fully saturated rings. The molecule has 3 aromatic rings. The minimum atomic E-state index is -0.328. The molecule has 0 unspecified atom stereocenters. The molecular formula is C18H17N3O2S2. The van der Waals surface area contributed by atoms with Crippen molar-refractivity contribution in [3.63, 3.8) is 0 Å². The Bertz CT molecular complexity index is 844. The number of hydrogen-bond acceptors (Lipinski definition) is 5. The summed E-state index contributed by atoms with van der Waals surface area (Å²) >= 11 is 2.90. The first-order chi connectivity index (χ1) is 12.1. The van der Waals surface area contributed by atoms with Gasteiger partial charge in [-0.15, -0.1) is 22.7 Å². The number of hydrogen-bond donors (Lipinski definition) is 2. The molecule has 7 heteroatoms. The molecule has 3 rings (SSSR count). The number of thiophene rings is 1. The molecule has 1 aromatic carbocycles. The van der Waals surface area contributed by atoms with E-state index in [1.54, 1.807) is 0 Å². The fraction of sp³-hybridized carbons (Fsp3) is 0.167. The zero-order valence-corrected chi connectivity index (χ0v) is 15.2. The van der Waals surface area contributed by atoms with Crippen LogP contribution in [0, 0.1) is 0 Å². The Morgan fingerprint density at radius 1 is 1.12 bits per heavy atom. The summed E-state index contributed by atoms with van der Waals surface area (Å²) in [6.45, 7) is 1.45. The van der Waals surface area contributed by atoms with Crippen molar-refractivity contribution in [1.82, 2.24) is 10.3 Å². The maximum Gasteiger partial charge on any atom is 0.228 e. The largest absolute Gasteiger partial charge is 0.348 e. The van der Waals surface area contributed by atoms with Crippen molar-refractivity contribution in [2.45, 2.75) is 19.4 Å². The Morgan fingerprint density at radius 3 is 2.60 bits per heavy atom. The third kappa shape index (κ3) is 4.74. The zero-order valence-electron chi connectivity index (χ0n) is 13.6. The molecule has 2 aromatic heterocycles. The number of carbonyl (C=O) groups excluding carboxylic acids is 2. The number of nitrogens with one attached hydrogen (secondary N) is 2. The first-order valence-corrected chi connectivity index (χ1v) is 9.49. The Balaban J connectivity index is 1.65. The Hall–Kier alpha value is -2.51. The lowest BCUT2D eigenvalue weighted by molar-refractivity contribution is -0.120. The molecule has 0 aliphatic rings. The number of aromatic nitrogens is 1. The molecule has 1 atom stereocenters. The van der Waals surface area contributed by atoms with Gasteiger partial charge >= 0.3 is 0 Å². The van der Waals surface area contributed by atoms with E-state index in [0.717, 1.165) is 16.1 Å². The van der Waals surface area contributed by atoms with Crippen molar-refractivity contribution >= 4 is 39.6 Å². The van der Waals surface area contributed by atoms with Gasteiger partial charge in [0.2, 0.25) is 11.8 Å². The van der Waals surface area contributed by atoms with Gasteiger partial charge in [-0.05, 0) is 11.4 Å². The van der Waals surface area contributed by atoms with Crippen LogP contribution in [0.4, 0.5) is 5.13 Å². The molecule has 0 aliphatic carbocycles. The number of thiazole rings is 1. The summed E-state index contributed by atoms with van der Waals surface area (Å²) in [7, 11) is 0. The predicted molar refractivity (Wildman–Crippen MR) is 102 cm³/mol. The van der Waals surface area contributed by atoms with Crippen LogP contribution >= 0.6 is 22.7 Å². The zero-order chi connectivity index (χ0) is 17.6. The van der Waals surface area contributed by atoms with Crippen LogP contribution in [-0.2, 0) is 9.59 Å². The molecule has 2 amide bonds. The quantitative estimate of drug-likeness (QED) is 0.686. The SMILES string of the molecule is CC(=O)N[C@@H](CC(=O)Nc1nc(-c2ccccc2)cs1)c1cccs1. The number of benzene rings is 1. The van der Waals surface area contributed by atoms with E-state index >= 15 is 0 Å². The van der Waals surface area contributed by atoms with Gasteiger partial charge in [0.05, 0.1) is 18.2 Å². The van der Waals surface area contributed by atoms with Gasteiger partial charge in [-0.3, -0.25) is 9.59 Å². The van der Waals surface area contributed by atoms with Crippen molar-refractivity contribution in [3.05, 3.63) is 58.1 Å². The molecule has 0 aliphatic heterocycles. The molecule has 2 N–H and O–H groups in total. The van der Waals surface area contributed by atoms with Crippen LogP contribution in [0.1, 0.15) is 24.3 Å². The average molecular weight is 371 g/mol. The van der Waals surface area contributed by atoms with Crippen LogP contribution in [0.15, 0.2) is 53.2 Å². The van der Waals surface area contributed by atoms with E-state index in [9.17, 15) is 9.59 Å². The fourth-order valence-electron chi connectivity index (χ4n) is 2.39. The van der Waals surface area contributed by atoms with Crippen LogP contribution in [-0.4, -0.2) is 16.8 Å². The summed E-state index contributed by atoms with van der Waals surface area (Å²) in [6.07, 6.45) is 0.167. The van der Waals surface area contributed by atoms with E-state index < -0.39 is 0 Å². The molecule has 0 saturated heterocycles. The maximum atomic E-state index is 12.4. The van der Waals surface area contributed by atoms with Crippen LogP contribution in [0.25, 0.3) is 11.3 Å². The summed E-state index contributed by atoms with van der Waals surface area (Å²) < 4.78 is 0. The third-order valence-corrected chi connectivity index (χ3v) is 5.22. The number of amides is 2. The van der Waals surface area contributed by atoms with E-state index in [-0.39, 0.29) is 24.3 Å². The van der Waals surface area contributed by atoms with E-state index in [1.807, 2.05) is 53.2 Å². The molecule has 0 spiro atoms. The Kier molecular flexibility index (Phi) is 5.57. The van der Waals surface area contributed by atoms with Crippen molar-refractivity contribution in [3.8, 4) is 11.3 Å². The van der Waals surface area contributed by atoms with Crippen LogP contribution in [0.3, 0.4) is 0 Å². The molecule has 2 heterocycles. The monoisotopic (exact) mass is 371 g/mol. The second-order valence-electron chi connectivity index (χ2n) is 5.42. The van der Waals surface area contributed by atoms with Gasteiger partial charge in [-0.1, -0.05) is 36.4 Å². The second kappa shape index (κ2) is 8.04. The van der Waals surface area contributed by atoms with Crippen molar-refractivity contribution in [2.75, 3.05) is 5.32 Å². The number of nitrogens with zero attached hydrogens (tertiary/aromatic N) is 1. The van der Waals surface area contributed by atoms with Gasteiger partial charge in [-0.25, -0.2) is 4.98 Å². The minimum Gasteiger partial charge on any atom is -0.348 e. The summed E-state index contributed by atoms with van der Waals surface area (Å²) in [5, 5.41) is 10.0. The maximum absolute atomic E-state index is 12.4. The number of rotatable bonds is 6. The molecule has 0 bridgehead atoms. The number of anilines is 1. The van der Waals surface area contributed by atoms with Crippen LogP contribution < -0.4 is 10.6 Å². The predicted octanol–water partition coefficient (Wildman–Crippen LogP) is 4.08. The highest BCUT2D eigenvalue weighted by Crippen LogP contribution is 2.26. The fourth-order valence-corrected chi connectivity index (χ4v) is 3.90. The van der Waals surface area contributed by atoms with Crippen molar-refractivity contribution in [2.24, 2.45) is 0 Å². The lowest BCUT2D eigenvalue weighted by Gasteiger charge is -2.15. The topological polar surface area (TPSA) is 71.1 Å². The van der Waals surface area contributed by atoms with E-state index in [1.165, 1.54) is 29.6 Å². The van der Waals surface area contributed by atoms with Crippen LogP contribution in [0.2, 0.25) is 0 Å². The van der Waals surface area contributed by atoms with Gasteiger partial charge < -0.3 is 10.6 Å². The highest BCUT2D eigenvalue weighted by molar-refractivity contribution is 7.14. The lowest BCUT2D eigenvalue weighted by atomic mass is 10.1. The molecule has 5 nitrogen and oxygen atoms in total. The van der Waals surface area contributed by atoms with E-state index in [2.05, 4.69) is 15.6 Å². The van der Waals surface area contributed by atoms with Crippen molar-refractivity contribution < 1.29 is 9.59 Å². The summed E-state index contributed by atoms with van der Waals surface area (Å²) in [4.78, 5) is 29.2. The molecular weight excluding hydrogens is 354 g/mol. The Labute approximate surface area is 153 Å². The molecule has 0 radical (unpaired) electrons. The summed E-state index contributed by atoms with van der Waals surface area (Å²) in [6, 6.07) is 13.3. The molecule has 128 valence electrons. The third-order valence-electron chi connectivity index (χ3n) is 3.47. The smallest absolute Gasteiger partial charge is 0.228 e. The second-order valence-corrected chi connectivity index (χ2v) is 7.26.